The van der Waals surface area contributed by atoms with E-state index in [2.05, 4.69) is 15.3 Å². The predicted molar refractivity (Wildman–Crippen MR) is 67.0 cm³/mol. The number of para-hydroxylation sites is 2. The van der Waals surface area contributed by atoms with Gasteiger partial charge in [-0.3, -0.25) is 9.19 Å². The third-order valence-electron chi connectivity index (χ3n) is 2.14. The minimum absolute atomic E-state index is 0.620. The van der Waals surface area contributed by atoms with E-state index in [0.29, 0.717) is 12.3 Å². The van der Waals surface area contributed by atoms with E-state index in [1.165, 1.54) is 0 Å². The van der Waals surface area contributed by atoms with Crippen molar-refractivity contribution in [3.8, 4) is 0 Å². The van der Waals surface area contributed by atoms with Crippen LogP contribution in [0, 0.1) is 0 Å². The van der Waals surface area contributed by atoms with E-state index >= 15 is 0 Å². The first-order valence-corrected chi connectivity index (χ1v) is 6.74. The normalized spacial score (nSPS) is 12.6. The Kier molecular flexibility index (Phi) is 3.46. The molecule has 0 spiro atoms. The monoisotopic (exact) mass is 235 g/mol. The molecule has 1 unspecified atom stereocenters. The van der Waals surface area contributed by atoms with Crippen LogP contribution in [0.3, 0.4) is 0 Å². The molecular formula is C11H13N3OS. The Labute approximate surface area is 96.6 Å². The van der Waals surface area contributed by atoms with Crippen molar-refractivity contribution in [1.82, 2.24) is 9.97 Å². The van der Waals surface area contributed by atoms with Crippen LogP contribution >= 0.6 is 0 Å². The second-order valence-electron chi connectivity index (χ2n) is 3.45. The van der Waals surface area contributed by atoms with Crippen molar-refractivity contribution in [2.45, 2.75) is 0 Å². The molecule has 2 rings (SSSR count). The highest BCUT2D eigenvalue weighted by atomic mass is 32.2. The smallest absolute Gasteiger partial charge is 0.145 e. The Morgan fingerprint density at radius 1 is 1.31 bits per heavy atom. The third-order valence-corrected chi connectivity index (χ3v) is 2.92. The highest BCUT2D eigenvalue weighted by Crippen LogP contribution is 2.10. The average Bonchev–Trinajstić information content (AvgIpc) is 2.28. The summed E-state index contributed by atoms with van der Waals surface area (Å²) in [5.41, 5.74) is 1.75. The molecule has 0 saturated carbocycles. The first kappa shape index (κ1) is 11.0. The predicted octanol–water partition coefficient (Wildman–Crippen LogP) is 1.42. The zero-order valence-corrected chi connectivity index (χ0v) is 9.83. The molecule has 0 amide bonds. The molecule has 0 aliphatic carbocycles. The zero-order chi connectivity index (χ0) is 11.4. The maximum atomic E-state index is 10.9. The lowest BCUT2D eigenvalue weighted by molar-refractivity contribution is 0.687. The number of rotatable bonds is 4. The van der Waals surface area contributed by atoms with Crippen LogP contribution in [0.25, 0.3) is 11.0 Å². The van der Waals surface area contributed by atoms with E-state index < -0.39 is 10.8 Å². The number of benzene rings is 1. The number of nitrogens with one attached hydrogen (secondary N) is 1. The van der Waals surface area contributed by atoms with Gasteiger partial charge in [0.25, 0.3) is 0 Å². The van der Waals surface area contributed by atoms with Crippen molar-refractivity contribution < 1.29 is 4.21 Å². The van der Waals surface area contributed by atoms with Crippen LogP contribution < -0.4 is 5.32 Å². The molecule has 16 heavy (non-hydrogen) atoms. The summed E-state index contributed by atoms with van der Waals surface area (Å²) in [6.45, 7) is 0.649. The molecule has 1 aromatic heterocycles. The number of fused-ring (bicyclic) bond motifs is 1. The van der Waals surface area contributed by atoms with Crippen LogP contribution in [0.1, 0.15) is 0 Å². The molecule has 5 heteroatoms. The zero-order valence-electron chi connectivity index (χ0n) is 9.01. The number of anilines is 1. The number of nitrogens with zero attached hydrogens (tertiary/aromatic N) is 2. The van der Waals surface area contributed by atoms with Gasteiger partial charge in [0.15, 0.2) is 0 Å². The highest BCUT2D eigenvalue weighted by molar-refractivity contribution is 7.84. The van der Waals surface area contributed by atoms with Gasteiger partial charge in [-0.2, -0.15) is 0 Å². The fourth-order valence-electron chi connectivity index (χ4n) is 1.37. The van der Waals surface area contributed by atoms with E-state index in [4.69, 9.17) is 0 Å². The Morgan fingerprint density at radius 2 is 2.06 bits per heavy atom. The van der Waals surface area contributed by atoms with Gasteiger partial charge in [0, 0.05) is 29.4 Å². The van der Waals surface area contributed by atoms with Gasteiger partial charge < -0.3 is 5.32 Å². The van der Waals surface area contributed by atoms with Gasteiger partial charge in [0.2, 0.25) is 0 Å². The van der Waals surface area contributed by atoms with E-state index in [1.54, 1.807) is 12.5 Å². The Morgan fingerprint density at radius 3 is 2.81 bits per heavy atom. The summed E-state index contributed by atoms with van der Waals surface area (Å²) in [6.07, 6.45) is 3.38. The molecule has 1 N–H and O–H groups in total. The fourth-order valence-corrected chi connectivity index (χ4v) is 1.75. The van der Waals surface area contributed by atoms with E-state index in [-0.39, 0.29) is 0 Å². The minimum atomic E-state index is -0.777. The summed E-state index contributed by atoms with van der Waals surface area (Å²) in [5, 5.41) is 3.10. The Hall–Kier alpha value is -1.49. The first-order chi connectivity index (χ1) is 7.75. The van der Waals surface area contributed by atoms with Crippen molar-refractivity contribution in [2.75, 3.05) is 23.9 Å². The lowest BCUT2D eigenvalue weighted by Crippen LogP contribution is -2.10. The average molecular weight is 235 g/mol. The summed E-state index contributed by atoms with van der Waals surface area (Å²) in [6, 6.07) is 7.71. The molecule has 0 radical (unpaired) electrons. The molecule has 0 bridgehead atoms. The van der Waals surface area contributed by atoms with Gasteiger partial charge in [0.05, 0.1) is 17.2 Å². The maximum absolute atomic E-state index is 10.9. The SMILES string of the molecule is CS(=O)CCNc1cnc2ccccc2n1. The Balaban J connectivity index is 2.10. The van der Waals surface area contributed by atoms with Gasteiger partial charge in [-0.25, -0.2) is 4.98 Å². The summed E-state index contributed by atoms with van der Waals surface area (Å²) in [4.78, 5) is 8.68. The standard InChI is InChI=1S/C11H13N3OS/c1-16(15)7-6-12-11-8-13-9-4-2-3-5-10(9)14-11/h2-5,8H,6-7H2,1H3,(H,12,14). The van der Waals surface area contributed by atoms with Crippen LogP contribution in [0.5, 0.6) is 0 Å². The van der Waals surface area contributed by atoms with Crippen molar-refractivity contribution in [1.29, 1.82) is 0 Å². The van der Waals surface area contributed by atoms with Gasteiger partial charge >= 0.3 is 0 Å². The van der Waals surface area contributed by atoms with Crippen molar-refractivity contribution in [2.24, 2.45) is 0 Å². The van der Waals surface area contributed by atoms with Crippen molar-refractivity contribution in [3.63, 3.8) is 0 Å². The second-order valence-corrected chi connectivity index (χ2v) is 5.00. The lowest BCUT2D eigenvalue weighted by atomic mass is 10.3. The molecule has 2 aromatic rings. The van der Waals surface area contributed by atoms with E-state index in [1.807, 2.05) is 24.3 Å². The molecule has 4 nitrogen and oxygen atoms in total. The van der Waals surface area contributed by atoms with Crippen LogP contribution in [0.2, 0.25) is 0 Å². The molecule has 84 valence electrons. The first-order valence-electron chi connectivity index (χ1n) is 5.01. The lowest BCUT2D eigenvalue weighted by Gasteiger charge is -2.04. The van der Waals surface area contributed by atoms with Crippen molar-refractivity contribution >= 4 is 27.7 Å². The summed E-state index contributed by atoms with van der Waals surface area (Å²) in [5.74, 6) is 1.35. The third kappa shape index (κ3) is 2.76. The molecule has 0 fully saturated rings. The molecule has 1 aromatic carbocycles. The van der Waals surface area contributed by atoms with E-state index in [0.717, 1.165) is 16.9 Å². The minimum Gasteiger partial charge on any atom is -0.368 e. The highest BCUT2D eigenvalue weighted by Gasteiger charge is 1.98. The molecule has 1 heterocycles. The van der Waals surface area contributed by atoms with Gasteiger partial charge in [-0.1, -0.05) is 12.1 Å². The summed E-state index contributed by atoms with van der Waals surface area (Å²) >= 11 is 0. The number of aromatic nitrogens is 2. The number of hydrogen-bond donors (Lipinski definition) is 1. The van der Waals surface area contributed by atoms with Crippen LogP contribution in [-0.4, -0.2) is 32.7 Å². The quantitative estimate of drug-likeness (QED) is 0.870. The Bertz CT molecular complexity index is 515. The van der Waals surface area contributed by atoms with Crippen LogP contribution in [-0.2, 0) is 10.8 Å². The maximum Gasteiger partial charge on any atom is 0.145 e. The van der Waals surface area contributed by atoms with Gasteiger partial charge in [0.1, 0.15) is 5.82 Å². The molecule has 0 saturated heterocycles. The van der Waals surface area contributed by atoms with Crippen molar-refractivity contribution in [3.05, 3.63) is 30.5 Å². The van der Waals surface area contributed by atoms with Gasteiger partial charge in [-0.05, 0) is 12.1 Å². The fraction of sp³-hybridized carbons (Fsp3) is 0.273. The molecule has 0 aliphatic rings. The molecule has 0 aliphatic heterocycles. The summed E-state index contributed by atoms with van der Waals surface area (Å²) in [7, 11) is -0.777. The summed E-state index contributed by atoms with van der Waals surface area (Å²) < 4.78 is 10.9. The van der Waals surface area contributed by atoms with Gasteiger partial charge in [-0.15, -0.1) is 0 Å². The number of hydrogen-bond acceptors (Lipinski definition) is 4. The largest absolute Gasteiger partial charge is 0.368 e. The van der Waals surface area contributed by atoms with Crippen LogP contribution in [0.15, 0.2) is 30.5 Å². The second kappa shape index (κ2) is 5.03. The molecular weight excluding hydrogens is 222 g/mol. The van der Waals surface area contributed by atoms with Crippen LogP contribution in [0.4, 0.5) is 5.82 Å². The van der Waals surface area contributed by atoms with E-state index in [9.17, 15) is 4.21 Å². The topological polar surface area (TPSA) is 54.9 Å². The molecule has 1 atom stereocenters.